The fourth-order valence-electron chi connectivity index (χ4n) is 1.60. The summed E-state index contributed by atoms with van der Waals surface area (Å²) >= 11 is 0. The van der Waals surface area contributed by atoms with Gasteiger partial charge >= 0.3 is 0 Å². The molecule has 19 heavy (non-hydrogen) atoms. The molecule has 6 heteroatoms. The van der Waals surface area contributed by atoms with Gasteiger partial charge in [-0.3, -0.25) is 9.59 Å². The summed E-state index contributed by atoms with van der Waals surface area (Å²) in [7, 11) is 1.50. The first-order valence-electron chi connectivity index (χ1n) is 6.16. The van der Waals surface area contributed by atoms with E-state index in [0.29, 0.717) is 18.0 Å². The van der Waals surface area contributed by atoms with Crippen LogP contribution in [0.4, 0.5) is 0 Å². The molecule has 0 atom stereocenters. The Morgan fingerprint density at radius 3 is 2.63 bits per heavy atom. The van der Waals surface area contributed by atoms with E-state index < -0.39 is 5.91 Å². The van der Waals surface area contributed by atoms with Crippen LogP contribution in [-0.4, -0.2) is 41.9 Å². The number of amides is 2. The lowest BCUT2D eigenvalue weighted by Gasteiger charge is -2.20. The molecule has 0 saturated carbocycles. The second-order valence-electron chi connectivity index (χ2n) is 4.14. The van der Waals surface area contributed by atoms with Gasteiger partial charge in [-0.2, -0.15) is 0 Å². The molecule has 0 bridgehead atoms. The van der Waals surface area contributed by atoms with E-state index in [0.717, 1.165) is 12.8 Å². The number of nitrogens with two attached hydrogens (primary N) is 1. The van der Waals surface area contributed by atoms with Gasteiger partial charge in [-0.1, -0.05) is 13.3 Å². The molecule has 2 N–H and O–H groups in total. The highest BCUT2D eigenvalue weighted by molar-refractivity contribution is 5.96. The van der Waals surface area contributed by atoms with E-state index in [9.17, 15) is 9.59 Å². The summed E-state index contributed by atoms with van der Waals surface area (Å²) in [5, 5.41) is 0. The minimum atomic E-state index is -0.522. The lowest BCUT2D eigenvalue weighted by Crippen LogP contribution is -2.39. The molecular weight excluding hydrogens is 246 g/mol. The number of hydrogen-bond acceptors (Lipinski definition) is 4. The zero-order valence-corrected chi connectivity index (χ0v) is 11.3. The number of methoxy groups -OCH3 is 1. The van der Waals surface area contributed by atoms with Crippen molar-refractivity contribution in [3.05, 3.63) is 23.9 Å². The van der Waals surface area contributed by atoms with Crippen LogP contribution in [0.25, 0.3) is 0 Å². The number of carbonyl (C=O) groups is 2. The third kappa shape index (κ3) is 4.57. The maximum absolute atomic E-state index is 12.2. The number of carbonyl (C=O) groups excluding carboxylic acids is 2. The van der Waals surface area contributed by atoms with E-state index in [1.165, 1.54) is 18.2 Å². The van der Waals surface area contributed by atoms with Gasteiger partial charge in [-0.05, 0) is 12.5 Å². The number of hydrogen-bond donors (Lipinski definition) is 1. The molecule has 0 saturated heterocycles. The lowest BCUT2D eigenvalue weighted by atomic mass is 10.2. The number of unbranched alkanes of at least 4 members (excludes halogenated alkanes) is 1. The largest absolute Gasteiger partial charge is 0.481 e. The van der Waals surface area contributed by atoms with Gasteiger partial charge in [0.15, 0.2) is 0 Å². The quantitative estimate of drug-likeness (QED) is 0.790. The highest BCUT2D eigenvalue weighted by Gasteiger charge is 2.17. The zero-order chi connectivity index (χ0) is 14.3. The molecule has 1 aromatic heterocycles. The van der Waals surface area contributed by atoms with E-state index in [-0.39, 0.29) is 12.5 Å². The molecule has 0 aromatic carbocycles. The lowest BCUT2D eigenvalue weighted by molar-refractivity contribution is -0.118. The number of nitrogens with zero attached hydrogens (tertiary/aromatic N) is 2. The maximum Gasteiger partial charge on any atom is 0.255 e. The van der Waals surface area contributed by atoms with Crippen LogP contribution < -0.4 is 10.5 Å². The van der Waals surface area contributed by atoms with Crippen molar-refractivity contribution in [1.82, 2.24) is 9.88 Å². The van der Waals surface area contributed by atoms with Crippen molar-refractivity contribution in [2.75, 3.05) is 20.2 Å². The minimum absolute atomic E-state index is 0.0785. The summed E-state index contributed by atoms with van der Waals surface area (Å²) in [6, 6.07) is 3.23. The average Bonchev–Trinajstić information content (AvgIpc) is 2.42. The van der Waals surface area contributed by atoms with Gasteiger partial charge in [0.25, 0.3) is 5.91 Å². The van der Waals surface area contributed by atoms with Crippen LogP contribution in [0, 0.1) is 0 Å². The summed E-state index contributed by atoms with van der Waals surface area (Å²) < 4.78 is 4.93. The Hall–Kier alpha value is -2.11. The molecule has 1 rings (SSSR count). The molecule has 0 aliphatic carbocycles. The zero-order valence-electron chi connectivity index (χ0n) is 11.3. The van der Waals surface area contributed by atoms with Crippen LogP contribution in [0.3, 0.4) is 0 Å². The molecule has 0 aliphatic rings. The van der Waals surface area contributed by atoms with Crippen molar-refractivity contribution < 1.29 is 14.3 Å². The van der Waals surface area contributed by atoms with Crippen molar-refractivity contribution in [1.29, 1.82) is 0 Å². The minimum Gasteiger partial charge on any atom is -0.481 e. The van der Waals surface area contributed by atoms with Gasteiger partial charge in [0.05, 0.1) is 19.2 Å². The van der Waals surface area contributed by atoms with Crippen LogP contribution in [0.2, 0.25) is 0 Å². The third-order valence-electron chi connectivity index (χ3n) is 2.61. The van der Waals surface area contributed by atoms with E-state index >= 15 is 0 Å². The molecule has 0 aliphatic heterocycles. The average molecular weight is 265 g/mol. The third-order valence-corrected chi connectivity index (χ3v) is 2.61. The van der Waals surface area contributed by atoms with Crippen molar-refractivity contribution in [3.63, 3.8) is 0 Å². The molecule has 6 nitrogen and oxygen atoms in total. The second kappa shape index (κ2) is 7.35. The summed E-state index contributed by atoms with van der Waals surface area (Å²) in [5.41, 5.74) is 5.57. The highest BCUT2D eigenvalue weighted by Crippen LogP contribution is 2.10. The molecule has 0 radical (unpaired) electrons. The van der Waals surface area contributed by atoms with Gasteiger partial charge < -0.3 is 15.4 Å². The van der Waals surface area contributed by atoms with E-state index in [4.69, 9.17) is 10.5 Å². The second-order valence-corrected chi connectivity index (χ2v) is 4.14. The predicted molar refractivity (Wildman–Crippen MR) is 70.8 cm³/mol. The highest BCUT2D eigenvalue weighted by atomic mass is 16.5. The van der Waals surface area contributed by atoms with Gasteiger partial charge in [0.1, 0.15) is 0 Å². The molecular formula is C13H19N3O3. The van der Waals surface area contributed by atoms with Crippen LogP contribution >= 0.6 is 0 Å². The Bertz CT molecular complexity index is 431. The fourth-order valence-corrected chi connectivity index (χ4v) is 1.60. The Labute approximate surface area is 112 Å². The molecule has 2 amide bonds. The fraction of sp³-hybridized carbons (Fsp3) is 0.462. The number of aromatic nitrogens is 1. The Balaban J connectivity index is 2.81. The van der Waals surface area contributed by atoms with Crippen LogP contribution in [0.5, 0.6) is 5.88 Å². The monoisotopic (exact) mass is 265 g/mol. The Morgan fingerprint density at radius 2 is 2.16 bits per heavy atom. The van der Waals surface area contributed by atoms with E-state index in [1.54, 1.807) is 12.1 Å². The van der Waals surface area contributed by atoms with Gasteiger partial charge in [0, 0.05) is 18.8 Å². The number of primary amides is 1. The van der Waals surface area contributed by atoms with Gasteiger partial charge in [-0.15, -0.1) is 0 Å². The SMILES string of the molecule is CCCCN(CC(N)=O)C(=O)c1ccc(OC)nc1. The van der Waals surface area contributed by atoms with Crippen LogP contribution in [-0.2, 0) is 4.79 Å². The topological polar surface area (TPSA) is 85.5 Å². The number of rotatable bonds is 7. The van der Waals surface area contributed by atoms with Crippen molar-refractivity contribution in [2.24, 2.45) is 5.73 Å². The standard InChI is InChI=1S/C13H19N3O3/c1-3-4-7-16(9-11(14)17)13(18)10-5-6-12(19-2)15-8-10/h5-6,8H,3-4,7,9H2,1-2H3,(H2,14,17). The van der Waals surface area contributed by atoms with Gasteiger partial charge in [0.2, 0.25) is 11.8 Å². The van der Waals surface area contributed by atoms with Crippen molar-refractivity contribution in [3.8, 4) is 5.88 Å². The molecule has 0 unspecified atom stereocenters. The smallest absolute Gasteiger partial charge is 0.255 e. The Kier molecular flexibility index (Phi) is 5.78. The maximum atomic E-state index is 12.2. The molecule has 1 heterocycles. The van der Waals surface area contributed by atoms with E-state index in [1.807, 2.05) is 6.92 Å². The first-order chi connectivity index (χ1) is 9.08. The molecule has 0 fully saturated rings. The number of ether oxygens (including phenoxy) is 1. The predicted octanol–water partition coefficient (Wildman–Crippen LogP) is 0.818. The molecule has 0 spiro atoms. The van der Waals surface area contributed by atoms with Crippen molar-refractivity contribution in [2.45, 2.75) is 19.8 Å². The van der Waals surface area contributed by atoms with Crippen LogP contribution in [0.15, 0.2) is 18.3 Å². The summed E-state index contributed by atoms with van der Waals surface area (Å²) in [4.78, 5) is 28.6. The number of pyridine rings is 1. The molecule has 1 aromatic rings. The summed E-state index contributed by atoms with van der Waals surface area (Å²) in [6.45, 7) is 2.44. The first kappa shape index (κ1) is 14.9. The van der Waals surface area contributed by atoms with E-state index in [2.05, 4.69) is 4.98 Å². The Morgan fingerprint density at radius 1 is 1.42 bits per heavy atom. The summed E-state index contributed by atoms with van der Waals surface area (Å²) in [6.07, 6.45) is 3.19. The summed E-state index contributed by atoms with van der Waals surface area (Å²) in [5.74, 6) is -0.333. The molecule has 104 valence electrons. The normalized spacial score (nSPS) is 10.0. The van der Waals surface area contributed by atoms with Crippen LogP contribution in [0.1, 0.15) is 30.1 Å². The van der Waals surface area contributed by atoms with Gasteiger partial charge in [-0.25, -0.2) is 4.98 Å². The first-order valence-corrected chi connectivity index (χ1v) is 6.16. The van der Waals surface area contributed by atoms with Crippen molar-refractivity contribution >= 4 is 11.8 Å².